The van der Waals surface area contributed by atoms with Gasteiger partial charge in [-0.05, 0) is 40.9 Å². The number of rotatable bonds is 6. The minimum atomic E-state index is -0.989. The fraction of sp³-hybridized carbons (Fsp3) is 0.308. The van der Waals surface area contributed by atoms with E-state index < -0.39 is 5.97 Å². The summed E-state index contributed by atoms with van der Waals surface area (Å²) in [5, 5.41) is 16.2. The molecule has 0 amide bonds. The molecule has 0 radical (unpaired) electrons. The number of hydrogen-bond acceptors (Lipinski definition) is 4. The Hall–Kier alpha value is -1.89. The van der Waals surface area contributed by atoms with Crippen LogP contribution in [0.4, 0.5) is 5.82 Å². The van der Waals surface area contributed by atoms with Gasteiger partial charge in [0, 0.05) is 25.5 Å². The highest BCUT2D eigenvalue weighted by Crippen LogP contribution is 2.20. The molecule has 0 atom stereocenters. The highest BCUT2D eigenvalue weighted by atomic mass is 79.9. The number of carbonyl (C=O) groups is 1. The molecule has 0 aliphatic rings. The van der Waals surface area contributed by atoms with E-state index >= 15 is 0 Å². The second kappa shape index (κ2) is 6.51. The number of carboxylic acids is 1. The second-order valence-electron chi connectivity index (χ2n) is 4.24. The van der Waals surface area contributed by atoms with Gasteiger partial charge >= 0.3 is 5.97 Å². The zero-order valence-electron chi connectivity index (χ0n) is 11.0. The standard InChI is InChI=1S/C13H15BrN4O2/c1-2-18-8-9(6-17-18)3-4-15-12-11(14)5-10(7-16-12)13(19)20/h5-8H,2-4H2,1H3,(H,15,16)(H,19,20). The number of nitrogens with zero attached hydrogens (tertiary/aromatic N) is 3. The summed E-state index contributed by atoms with van der Waals surface area (Å²) in [6, 6.07) is 1.53. The number of nitrogens with one attached hydrogen (secondary N) is 1. The maximum atomic E-state index is 10.8. The molecule has 0 unspecified atom stereocenters. The maximum Gasteiger partial charge on any atom is 0.337 e. The predicted octanol–water partition coefficient (Wildman–Crippen LogP) is 2.41. The van der Waals surface area contributed by atoms with Gasteiger partial charge in [-0.3, -0.25) is 4.68 Å². The lowest BCUT2D eigenvalue weighted by Crippen LogP contribution is -2.07. The van der Waals surface area contributed by atoms with Crippen LogP contribution in [0.15, 0.2) is 29.1 Å². The van der Waals surface area contributed by atoms with Crippen molar-refractivity contribution in [2.75, 3.05) is 11.9 Å². The van der Waals surface area contributed by atoms with Gasteiger partial charge < -0.3 is 10.4 Å². The van der Waals surface area contributed by atoms with E-state index in [9.17, 15) is 4.79 Å². The lowest BCUT2D eigenvalue weighted by molar-refractivity contribution is 0.0696. The third-order valence-corrected chi connectivity index (χ3v) is 3.41. The van der Waals surface area contributed by atoms with Crippen molar-refractivity contribution in [3.05, 3.63) is 40.3 Å². The number of anilines is 1. The summed E-state index contributed by atoms with van der Waals surface area (Å²) >= 11 is 3.31. The van der Waals surface area contributed by atoms with Crippen LogP contribution in [0.2, 0.25) is 0 Å². The molecule has 0 bridgehead atoms. The van der Waals surface area contributed by atoms with Gasteiger partial charge in [0.25, 0.3) is 0 Å². The van der Waals surface area contributed by atoms with Crippen molar-refractivity contribution in [1.82, 2.24) is 14.8 Å². The van der Waals surface area contributed by atoms with Crippen LogP contribution in [0.5, 0.6) is 0 Å². The summed E-state index contributed by atoms with van der Waals surface area (Å²) in [5.74, 6) is -0.352. The molecule has 7 heteroatoms. The van der Waals surface area contributed by atoms with Crippen LogP contribution in [-0.2, 0) is 13.0 Å². The molecule has 2 N–H and O–H groups in total. The summed E-state index contributed by atoms with van der Waals surface area (Å²) in [4.78, 5) is 14.9. The Morgan fingerprint density at radius 2 is 2.30 bits per heavy atom. The zero-order chi connectivity index (χ0) is 14.5. The Bertz CT molecular complexity index is 612. The van der Waals surface area contributed by atoms with Crippen LogP contribution in [-0.4, -0.2) is 32.4 Å². The van der Waals surface area contributed by atoms with Crippen molar-refractivity contribution in [3.63, 3.8) is 0 Å². The molecular formula is C13H15BrN4O2. The molecule has 2 heterocycles. The third kappa shape index (κ3) is 3.57. The van der Waals surface area contributed by atoms with Crippen molar-refractivity contribution < 1.29 is 9.90 Å². The fourth-order valence-electron chi connectivity index (χ4n) is 1.72. The van der Waals surface area contributed by atoms with Crippen LogP contribution < -0.4 is 5.32 Å². The van der Waals surface area contributed by atoms with E-state index in [1.54, 1.807) is 0 Å². The molecule has 0 aromatic carbocycles. The number of carboxylic acid groups (broad SMARTS) is 1. The van der Waals surface area contributed by atoms with E-state index in [-0.39, 0.29) is 5.56 Å². The predicted molar refractivity (Wildman–Crippen MR) is 79.0 cm³/mol. The third-order valence-electron chi connectivity index (χ3n) is 2.80. The van der Waals surface area contributed by atoms with Crippen LogP contribution in [0, 0.1) is 0 Å². The summed E-state index contributed by atoms with van der Waals surface area (Å²) in [5.41, 5.74) is 1.31. The Labute approximate surface area is 125 Å². The Kier molecular flexibility index (Phi) is 4.73. The molecule has 2 aromatic heterocycles. The van der Waals surface area contributed by atoms with Crippen LogP contribution in [0.1, 0.15) is 22.8 Å². The summed E-state index contributed by atoms with van der Waals surface area (Å²) in [6.45, 7) is 3.60. The minimum absolute atomic E-state index is 0.159. The van der Waals surface area contributed by atoms with Gasteiger partial charge in [0.05, 0.1) is 16.2 Å². The molecule has 0 spiro atoms. The van der Waals surface area contributed by atoms with Gasteiger partial charge in [-0.1, -0.05) is 0 Å². The van der Waals surface area contributed by atoms with Gasteiger partial charge in [0.1, 0.15) is 5.82 Å². The number of aromatic nitrogens is 3. The highest BCUT2D eigenvalue weighted by Gasteiger charge is 2.07. The molecule has 0 aliphatic heterocycles. The summed E-state index contributed by atoms with van der Waals surface area (Å²) in [7, 11) is 0. The molecule has 6 nitrogen and oxygen atoms in total. The molecule has 106 valence electrons. The average Bonchev–Trinajstić information content (AvgIpc) is 2.88. The molecule has 2 rings (SSSR count). The van der Waals surface area contributed by atoms with Crippen molar-refractivity contribution in [2.45, 2.75) is 19.9 Å². The fourth-order valence-corrected chi connectivity index (χ4v) is 2.21. The molecule has 2 aromatic rings. The van der Waals surface area contributed by atoms with E-state index in [4.69, 9.17) is 5.11 Å². The normalized spacial score (nSPS) is 10.5. The quantitative estimate of drug-likeness (QED) is 0.845. The smallest absolute Gasteiger partial charge is 0.337 e. The first kappa shape index (κ1) is 14.5. The first-order valence-electron chi connectivity index (χ1n) is 6.24. The molecule has 0 saturated heterocycles. The first-order chi connectivity index (χ1) is 9.60. The second-order valence-corrected chi connectivity index (χ2v) is 5.09. The van der Waals surface area contributed by atoms with E-state index in [0.29, 0.717) is 16.8 Å². The SMILES string of the molecule is CCn1cc(CCNc2ncc(C(=O)O)cc2Br)cn1. The number of aromatic carboxylic acids is 1. The van der Waals surface area contributed by atoms with Crippen molar-refractivity contribution in [1.29, 1.82) is 0 Å². The Morgan fingerprint density at radius 1 is 1.50 bits per heavy atom. The number of halogens is 1. The molecule has 0 fully saturated rings. The van der Waals surface area contributed by atoms with Crippen LogP contribution >= 0.6 is 15.9 Å². The summed E-state index contributed by atoms with van der Waals surface area (Å²) < 4.78 is 2.52. The lowest BCUT2D eigenvalue weighted by atomic mass is 10.2. The van der Waals surface area contributed by atoms with Crippen LogP contribution in [0.3, 0.4) is 0 Å². The van der Waals surface area contributed by atoms with Gasteiger partial charge in [0.15, 0.2) is 0 Å². The molecular weight excluding hydrogens is 324 g/mol. The van der Waals surface area contributed by atoms with E-state index in [1.165, 1.54) is 12.3 Å². The maximum absolute atomic E-state index is 10.8. The number of hydrogen-bond donors (Lipinski definition) is 2. The van der Waals surface area contributed by atoms with Crippen molar-refractivity contribution in [2.24, 2.45) is 0 Å². The number of pyridine rings is 1. The van der Waals surface area contributed by atoms with E-state index in [1.807, 2.05) is 24.0 Å². The van der Waals surface area contributed by atoms with Gasteiger partial charge in [-0.2, -0.15) is 5.10 Å². The molecule has 0 saturated carbocycles. The highest BCUT2D eigenvalue weighted by molar-refractivity contribution is 9.10. The first-order valence-corrected chi connectivity index (χ1v) is 7.03. The monoisotopic (exact) mass is 338 g/mol. The van der Waals surface area contributed by atoms with Crippen molar-refractivity contribution in [3.8, 4) is 0 Å². The Balaban J connectivity index is 1.92. The molecule has 20 heavy (non-hydrogen) atoms. The van der Waals surface area contributed by atoms with E-state index in [0.717, 1.165) is 18.5 Å². The van der Waals surface area contributed by atoms with Gasteiger partial charge in [-0.15, -0.1) is 0 Å². The average molecular weight is 339 g/mol. The topological polar surface area (TPSA) is 80.0 Å². The lowest BCUT2D eigenvalue weighted by Gasteiger charge is -2.07. The largest absolute Gasteiger partial charge is 0.478 e. The molecule has 0 aliphatic carbocycles. The van der Waals surface area contributed by atoms with Crippen molar-refractivity contribution >= 4 is 27.7 Å². The minimum Gasteiger partial charge on any atom is -0.478 e. The summed E-state index contributed by atoms with van der Waals surface area (Å²) in [6.07, 6.45) is 6.03. The zero-order valence-corrected chi connectivity index (χ0v) is 12.6. The number of aryl methyl sites for hydroxylation is 1. The Morgan fingerprint density at radius 3 is 2.90 bits per heavy atom. The van der Waals surface area contributed by atoms with E-state index in [2.05, 4.69) is 31.3 Å². The van der Waals surface area contributed by atoms with Gasteiger partial charge in [-0.25, -0.2) is 9.78 Å². The van der Waals surface area contributed by atoms with Gasteiger partial charge in [0.2, 0.25) is 0 Å². The van der Waals surface area contributed by atoms with Crippen LogP contribution in [0.25, 0.3) is 0 Å².